The fraction of sp³-hybridized carbons (Fsp3) is 0.227. The van der Waals surface area contributed by atoms with Gasteiger partial charge in [0.1, 0.15) is 11.7 Å². The van der Waals surface area contributed by atoms with Crippen LogP contribution in [0, 0.1) is 13.8 Å². The number of hydrogen-bond donors (Lipinski definition) is 1. The number of nitrogens with zero attached hydrogens (tertiary/aromatic N) is 7. The molecule has 0 saturated carbocycles. The first-order valence-electron chi connectivity index (χ1n) is 10.2. The third-order valence-electron chi connectivity index (χ3n) is 5.81. The summed E-state index contributed by atoms with van der Waals surface area (Å²) in [6, 6.07) is 10.3. The second-order valence-corrected chi connectivity index (χ2v) is 7.76. The molecule has 0 radical (unpaired) electrons. The van der Waals surface area contributed by atoms with Gasteiger partial charge < -0.3 is 14.3 Å². The van der Waals surface area contributed by atoms with Crippen LogP contribution in [0.3, 0.4) is 0 Å². The molecule has 0 aromatic carbocycles. The maximum Gasteiger partial charge on any atom is 0.319 e. The minimum Gasteiger partial charge on any atom is -0.402 e. The Bertz CT molecular complexity index is 1400. The van der Waals surface area contributed by atoms with Crippen molar-refractivity contribution >= 4 is 11.5 Å². The van der Waals surface area contributed by atoms with E-state index in [9.17, 15) is 0 Å². The molecule has 6 heterocycles. The van der Waals surface area contributed by atoms with E-state index < -0.39 is 0 Å². The van der Waals surface area contributed by atoms with E-state index in [0.717, 1.165) is 40.1 Å². The number of aryl methyl sites for hydroxylation is 2. The van der Waals surface area contributed by atoms with E-state index >= 15 is 0 Å². The second-order valence-electron chi connectivity index (χ2n) is 7.76. The van der Waals surface area contributed by atoms with Crippen LogP contribution in [0.4, 0.5) is 6.01 Å². The van der Waals surface area contributed by atoms with Crippen LogP contribution >= 0.6 is 0 Å². The molecular formula is C22H20N8O. The van der Waals surface area contributed by atoms with Crippen molar-refractivity contribution in [1.29, 1.82) is 0 Å². The Morgan fingerprint density at radius 1 is 1.10 bits per heavy atom. The van der Waals surface area contributed by atoms with E-state index in [4.69, 9.17) is 9.52 Å². The molecule has 154 valence electrons. The van der Waals surface area contributed by atoms with Crippen LogP contribution < -0.4 is 4.90 Å². The number of aromatic nitrogens is 7. The van der Waals surface area contributed by atoms with Gasteiger partial charge in [-0.15, -0.1) is 5.10 Å². The zero-order chi connectivity index (χ0) is 20.9. The Morgan fingerprint density at radius 2 is 2.00 bits per heavy atom. The molecule has 5 aromatic heterocycles. The minimum atomic E-state index is -0.229. The number of rotatable bonds is 3. The zero-order valence-electron chi connectivity index (χ0n) is 17.1. The normalized spacial score (nSPS) is 16.1. The third kappa shape index (κ3) is 2.81. The van der Waals surface area contributed by atoms with Crippen molar-refractivity contribution in [2.75, 3.05) is 11.4 Å². The maximum absolute atomic E-state index is 6.10. The Hall–Kier alpha value is -4.01. The molecule has 6 rings (SSSR count). The molecule has 0 fully saturated rings. The van der Waals surface area contributed by atoms with Crippen LogP contribution in [-0.2, 0) is 6.42 Å². The van der Waals surface area contributed by atoms with E-state index in [1.165, 1.54) is 0 Å². The van der Waals surface area contributed by atoms with Crippen molar-refractivity contribution < 1.29 is 4.42 Å². The third-order valence-corrected chi connectivity index (χ3v) is 5.81. The fourth-order valence-electron chi connectivity index (χ4n) is 4.23. The number of imidazole rings is 1. The van der Waals surface area contributed by atoms with Crippen molar-refractivity contribution in [1.82, 2.24) is 34.8 Å². The van der Waals surface area contributed by atoms with Gasteiger partial charge in [0, 0.05) is 31.1 Å². The monoisotopic (exact) mass is 412 g/mol. The zero-order valence-corrected chi connectivity index (χ0v) is 17.1. The first-order valence-corrected chi connectivity index (χ1v) is 10.2. The summed E-state index contributed by atoms with van der Waals surface area (Å²) in [6.07, 6.45) is 6.22. The van der Waals surface area contributed by atoms with E-state index in [-0.39, 0.29) is 6.04 Å². The lowest BCUT2D eigenvalue weighted by Gasteiger charge is -2.32. The van der Waals surface area contributed by atoms with Gasteiger partial charge in [-0.2, -0.15) is 5.10 Å². The quantitative estimate of drug-likeness (QED) is 0.485. The smallest absolute Gasteiger partial charge is 0.319 e. The average Bonchev–Trinajstić information content (AvgIpc) is 3.52. The first-order chi connectivity index (χ1) is 15.2. The van der Waals surface area contributed by atoms with Crippen LogP contribution in [-0.4, -0.2) is 41.3 Å². The highest BCUT2D eigenvalue weighted by Crippen LogP contribution is 2.37. The summed E-state index contributed by atoms with van der Waals surface area (Å²) in [4.78, 5) is 14.4. The number of H-pyrrole nitrogens is 1. The number of anilines is 1. The van der Waals surface area contributed by atoms with Crippen LogP contribution in [0.5, 0.6) is 0 Å². The molecule has 0 bridgehead atoms. The summed E-state index contributed by atoms with van der Waals surface area (Å²) in [5.74, 6) is 0.408. The fourth-order valence-corrected chi connectivity index (χ4v) is 4.23. The SMILES string of the molecule is Cc1cccnc1-c1nnc(N2CCc3[nH]cnc3C2c2cc3c(C)cccn3n2)o1. The van der Waals surface area contributed by atoms with Gasteiger partial charge in [-0.25, -0.2) is 9.50 Å². The molecule has 0 saturated heterocycles. The van der Waals surface area contributed by atoms with Crippen molar-refractivity contribution in [2.24, 2.45) is 0 Å². The lowest BCUT2D eigenvalue weighted by Crippen LogP contribution is -2.36. The van der Waals surface area contributed by atoms with Gasteiger partial charge in [0.25, 0.3) is 5.89 Å². The average molecular weight is 412 g/mol. The molecule has 1 aliphatic heterocycles. The van der Waals surface area contributed by atoms with Crippen molar-refractivity contribution in [3.63, 3.8) is 0 Å². The number of aromatic amines is 1. The standard InChI is InChI=1S/C22H20N8O/c1-13-6-4-9-30-17(13)11-16(28-30)20-19-15(24-12-25-19)7-10-29(20)22-27-26-21(31-22)18-14(2)5-3-8-23-18/h3-6,8-9,11-12,20H,7,10H2,1-2H3,(H,24,25). The van der Waals surface area contributed by atoms with Gasteiger partial charge in [0.05, 0.1) is 23.2 Å². The highest BCUT2D eigenvalue weighted by Gasteiger charge is 2.36. The molecule has 31 heavy (non-hydrogen) atoms. The topological polar surface area (TPSA) is 101 Å². The number of fused-ring (bicyclic) bond motifs is 2. The van der Waals surface area contributed by atoms with Gasteiger partial charge in [0.2, 0.25) is 0 Å². The molecule has 9 heteroatoms. The van der Waals surface area contributed by atoms with Gasteiger partial charge in [-0.05, 0) is 43.2 Å². The molecule has 1 unspecified atom stereocenters. The highest BCUT2D eigenvalue weighted by molar-refractivity contribution is 5.57. The largest absolute Gasteiger partial charge is 0.402 e. The molecule has 0 amide bonds. The maximum atomic E-state index is 6.10. The van der Waals surface area contributed by atoms with Gasteiger partial charge in [0.15, 0.2) is 0 Å². The highest BCUT2D eigenvalue weighted by atomic mass is 16.4. The molecule has 9 nitrogen and oxygen atoms in total. The van der Waals surface area contributed by atoms with E-state index in [1.54, 1.807) is 12.5 Å². The molecule has 1 N–H and O–H groups in total. The molecule has 1 atom stereocenters. The van der Waals surface area contributed by atoms with Crippen LogP contribution in [0.1, 0.15) is 34.3 Å². The summed E-state index contributed by atoms with van der Waals surface area (Å²) in [7, 11) is 0. The molecule has 1 aliphatic rings. The predicted molar refractivity (Wildman–Crippen MR) is 114 cm³/mol. The lowest BCUT2D eigenvalue weighted by molar-refractivity contribution is 0.502. The summed E-state index contributed by atoms with van der Waals surface area (Å²) in [5.41, 5.74) is 6.83. The van der Waals surface area contributed by atoms with E-state index in [0.29, 0.717) is 24.1 Å². The first kappa shape index (κ1) is 17.8. The van der Waals surface area contributed by atoms with Crippen molar-refractivity contribution in [3.8, 4) is 11.6 Å². The van der Waals surface area contributed by atoms with E-state index in [2.05, 4.69) is 49.1 Å². The van der Waals surface area contributed by atoms with Crippen molar-refractivity contribution in [3.05, 3.63) is 77.3 Å². The van der Waals surface area contributed by atoms with E-state index in [1.807, 2.05) is 35.8 Å². The van der Waals surface area contributed by atoms with Crippen LogP contribution in [0.25, 0.3) is 17.1 Å². The Balaban J connectivity index is 1.46. The summed E-state index contributed by atoms with van der Waals surface area (Å²) < 4.78 is 8.00. The minimum absolute atomic E-state index is 0.229. The predicted octanol–water partition coefficient (Wildman–Crippen LogP) is 3.27. The lowest BCUT2D eigenvalue weighted by atomic mass is 10.00. The second kappa shape index (κ2) is 6.76. The van der Waals surface area contributed by atoms with Gasteiger partial charge in [-0.3, -0.25) is 4.98 Å². The number of pyridine rings is 2. The summed E-state index contributed by atoms with van der Waals surface area (Å²) in [6.45, 7) is 4.76. The summed E-state index contributed by atoms with van der Waals surface area (Å²) in [5, 5.41) is 13.5. The van der Waals surface area contributed by atoms with Crippen LogP contribution in [0.15, 0.2) is 53.5 Å². The Morgan fingerprint density at radius 3 is 2.87 bits per heavy atom. The Labute approximate surface area is 177 Å². The number of nitrogens with one attached hydrogen (secondary N) is 1. The number of hydrogen-bond acceptors (Lipinski definition) is 7. The molecule has 0 spiro atoms. The Kier molecular flexibility index (Phi) is 3.89. The van der Waals surface area contributed by atoms with Gasteiger partial charge in [-0.1, -0.05) is 17.2 Å². The molecule has 5 aromatic rings. The summed E-state index contributed by atoms with van der Waals surface area (Å²) >= 11 is 0. The van der Waals surface area contributed by atoms with Gasteiger partial charge >= 0.3 is 6.01 Å². The van der Waals surface area contributed by atoms with Crippen LogP contribution in [0.2, 0.25) is 0 Å². The van der Waals surface area contributed by atoms with Crippen molar-refractivity contribution in [2.45, 2.75) is 26.3 Å². The molecule has 0 aliphatic carbocycles. The molecular weight excluding hydrogens is 392 g/mol.